The molecule has 0 radical (unpaired) electrons. The molecule has 0 aromatic rings. The van der Waals surface area contributed by atoms with Crippen LogP contribution in [0.25, 0.3) is 0 Å². The molecule has 3 atom stereocenters. The summed E-state index contributed by atoms with van der Waals surface area (Å²) in [6, 6.07) is 0.738. The molecule has 2 amide bonds. The zero-order chi connectivity index (χ0) is 11.7. The molecule has 0 aromatic carbocycles. The van der Waals surface area contributed by atoms with E-state index in [2.05, 4.69) is 10.6 Å². The Hall–Kier alpha value is -0.810. The van der Waals surface area contributed by atoms with Crippen LogP contribution in [0.4, 0.5) is 4.79 Å². The fourth-order valence-corrected chi connectivity index (χ4v) is 3.23. The summed E-state index contributed by atoms with van der Waals surface area (Å²) in [4.78, 5) is 14.3. The number of carbonyl (C=O) groups is 1. The summed E-state index contributed by atoms with van der Waals surface area (Å²) in [5.74, 6) is 0.661. The van der Waals surface area contributed by atoms with Crippen molar-refractivity contribution < 1.29 is 9.53 Å². The summed E-state index contributed by atoms with van der Waals surface area (Å²) in [5, 5.41) is 6.49. The van der Waals surface area contributed by atoms with Crippen molar-refractivity contribution in [3.63, 3.8) is 0 Å². The number of nitrogens with zero attached hydrogens (tertiary/aromatic N) is 1. The Balaban J connectivity index is 1.59. The van der Waals surface area contributed by atoms with Crippen LogP contribution >= 0.6 is 0 Å². The quantitative estimate of drug-likeness (QED) is 0.686. The molecule has 5 nitrogen and oxygen atoms in total. The van der Waals surface area contributed by atoms with Gasteiger partial charge in [-0.05, 0) is 25.2 Å². The highest BCUT2D eigenvalue weighted by Gasteiger charge is 2.37. The van der Waals surface area contributed by atoms with Crippen LogP contribution in [0.1, 0.15) is 19.3 Å². The van der Waals surface area contributed by atoms with E-state index in [1.54, 1.807) is 0 Å². The molecule has 17 heavy (non-hydrogen) atoms. The third-order valence-corrected chi connectivity index (χ3v) is 4.20. The van der Waals surface area contributed by atoms with Gasteiger partial charge >= 0.3 is 6.03 Å². The molecule has 3 saturated heterocycles. The Labute approximate surface area is 102 Å². The number of hydrogen-bond acceptors (Lipinski definition) is 3. The molecule has 0 aliphatic carbocycles. The van der Waals surface area contributed by atoms with Gasteiger partial charge in [0.05, 0.1) is 12.6 Å². The first-order chi connectivity index (χ1) is 8.34. The molecule has 0 bridgehead atoms. The number of hydrogen-bond donors (Lipinski definition) is 2. The lowest BCUT2D eigenvalue weighted by Crippen LogP contribution is -2.54. The lowest BCUT2D eigenvalue weighted by molar-refractivity contribution is 0.131. The van der Waals surface area contributed by atoms with Crippen LogP contribution in [0.2, 0.25) is 0 Å². The molecule has 5 heteroatoms. The highest BCUT2D eigenvalue weighted by molar-refractivity contribution is 5.75. The van der Waals surface area contributed by atoms with Gasteiger partial charge in [0, 0.05) is 32.3 Å². The van der Waals surface area contributed by atoms with Crippen molar-refractivity contribution in [2.75, 3.05) is 32.8 Å². The maximum absolute atomic E-state index is 12.2. The zero-order valence-corrected chi connectivity index (χ0v) is 10.2. The summed E-state index contributed by atoms with van der Waals surface area (Å²) in [6.07, 6.45) is 3.34. The van der Waals surface area contributed by atoms with E-state index >= 15 is 0 Å². The first-order valence-electron chi connectivity index (χ1n) is 6.70. The van der Waals surface area contributed by atoms with Crippen molar-refractivity contribution in [1.82, 2.24) is 15.5 Å². The molecule has 3 aliphatic heterocycles. The lowest BCUT2D eigenvalue weighted by Gasteiger charge is -2.37. The Morgan fingerprint density at radius 3 is 3.12 bits per heavy atom. The average Bonchev–Trinajstić information content (AvgIpc) is 2.97. The van der Waals surface area contributed by atoms with Crippen molar-refractivity contribution >= 4 is 6.03 Å². The van der Waals surface area contributed by atoms with Gasteiger partial charge in [0.15, 0.2) is 0 Å². The van der Waals surface area contributed by atoms with Crippen LogP contribution < -0.4 is 10.6 Å². The van der Waals surface area contributed by atoms with Gasteiger partial charge < -0.3 is 20.3 Å². The molecule has 96 valence electrons. The van der Waals surface area contributed by atoms with Gasteiger partial charge in [-0.25, -0.2) is 4.79 Å². The van der Waals surface area contributed by atoms with Gasteiger partial charge in [0.2, 0.25) is 0 Å². The van der Waals surface area contributed by atoms with Crippen LogP contribution in [0, 0.1) is 5.92 Å². The highest BCUT2D eigenvalue weighted by atomic mass is 16.5. The second kappa shape index (κ2) is 4.82. The Morgan fingerprint density at radius 2 is 2.29 bits per heavy atom. The van der Waals surface area contributed by atoms with Gasteiger partial charge in [-0.3, -0.25) is 0 Å². The molecule has 0 spiro atoms. The Bertz CT molecular complexity index is 291. The molecular weight excluding hydrogens is 218 g/mol. The zero-order valence-electron chi connectivity index (χ0n) is 10.2. The maximum Gasteiger partial charge on any atom is 0.318 e. The van der Waals surface area contributed by atoms with Crippen LogP contribution in [0.3, 0.4) is 0 Å². The first-order valence-corrected chi connectivity index (χ1v) is 6.70. The van der Waals surface area contributed by atoms with Crippen LogP contribution in [0.15, 0.2) is 0 Å². The summed E-state index contributed by atoms with van der Waals surface area (Å²) in [6.45, 7) is 4.38. The van der Waals surface area contributed by atoms with E-state index < -0.39 is 0 Å². The molecule has 3 rings (SSSR count). The van der Waals surface area contributed by atoms with Crippen molar-refractivity contribution in [2.45, 2.75) is 31.3 Å². The van der Waals surface area contributed by atoms with E-state index in [-0.39, 0.29) is 12.1 Å². The van der Waals surface area contributed by atoms with Gasteiger partial charge in [-0.15, -0.1) is 0 Å². The monoisotopic (exact) mass is 239 g/mol. The molecule has 3 unspecified atom stereocenters. The van der Waals surface area contributed by atoms with E-state index in [0.717, 1.165) is 39.1 Å². The molecular formula is C12H21N3O2. The first kappa shape index (κ1) is 11.3. The van der Waals surface area contributed by atoms with Crippen LogP contribution in [0.5, 0.6) is 0 Å². The van der Waals surface area contributed by atoms with E-state index in [1.165, 1.54) is 6.42 Å². The normalized spacial score (nSPS) is 36.9. The van der Waals surface area contributed by atoms with Gasteiger partial charge in [0.1, 0.15) is 0 Å². The molecule has 0 saturated carbocycles. The standard InChI is InChI=1S/C12H21N3O2/c16-12(14-10-3-5-17-8-10)15-4-1-2-9-6-13-7-11(9)15/h9-11,13H,1-8H2,(H,14,16). The number of carbonyl (C=O) groups excluding carboxylic acids is 1. The second-order valence-corrected chi connectivity index (χ2v) is 5.33. The summed E-state index contributed by atoms with van der Waals surface area (Å²) in [5.41, 5.74) is 0. The van der Waals surface area contributed by atoms with Crippen molar-refractivity contribution in [1.29, 1.82) is 0 Å². The molecule has 3 fully saturated rings. The largest absolute Gasteiger partial charge is 0.379 e. The SMILES string of the molecule is O=C(NC1CCOC1)N1CCCC2CNCC21. The fraction of sp³-hybridized carbons (Fsp3) is 0.917. The predicted molar refractivity (Wildman–Crippen MR) is 63.8 cm³/mol. The molecule has 2 N–H and O–H groups in total. The number of amides is 2. The van der Waals surface area contributed by atoms with E-state index in [1.807, 2.05) is 4.90 Å². The lowest BCUT2D eigenvalue weighted by atomic mass is 9.92. The molecule has 0 aromatic heterocycles. The number of nitrogens with one attached hydrogen (secondary N) is 2. The number of likely N-dealkylation sites (tertiary alicyclic amines) is 1. The van der Waals surface area contributed by atoms with Gasteiger partial charge in [-0.1, -0.05) is 0 Å². The second-order valence-electron chi connectivity index (χ2n) is 5.33. The third-order valence-electron chi connectivity index (χ3n) is 4.20. The minimum atomic E-state index is 0.110. The van der Waals surface area contributed by atoms with E-state index in [4.69, 9.17) is 4.74 Å². The fourth-order valence-electron chi connectivity index (χ4n) is 3.23. The highest BCUT2D eigenvalue weighted by Crippen LogP contribution is 2.26. The summed E-state index contributed by atoms with van der Waals surface area (Å²) >= 11 is 0. The van der Waals surface area contributed by atoms with E-state index in [0.29, 0.717) is 18.6 Å². The van der Waals surface area contributed by atoms with E-state index in [9.17, 15) is 4.79 Å². The third kappa shape index (κ3) is 2.26. The van der Waals surface area contributed by atoms with Gasteiger partial charge in [-0.2, -0.15) is 0 Å². The van der Waals surface area contributed by atoms with Crippen molar-refractivity contribution in [3.05, 3.63) is 0 Å². The topological polar surface area (TPSA) is 53.6 Å². The number of piperidine rings is 1. The molecule has 3 aliphatic rings. The van der Waals surface area contributed by atoms with Crippen molar-refractivity contribution in [2.24, 2.45) is 5.92 Å². The number of urea groups is 1. The Kier molecular flexibility index (Phi) is 3.20. The number of fused-ring (bicyclic) bond motifs is 1. The van der Waals surface area contributed by atoms with Gasteiger partial charge in [0.25, 0.3) is 0 Å². The van der Waals surface area contributed by atoms with Crippen molar-refractivity contribution in [3.8, 4) is 0 Å². The van der Waals surface area contributed by atoms with Crippen LogP contribution in [-0.2, 0) is 4.74 Å². The minimum absolute atomic E-state index is 0.110. The summed E-state index contributed by atoms with van der Waals surface area (Å²) in [7, 11) is 0. The molecule has 3 heterocycles. The van der Waals surface area contributed by atoms with Crippen LogP contribution in [-0.4, -0.2) is 55.9 Å². The number of ether oxygens (including phenoxy) is 1. The number of rotatable bonds is 1. The predicted octanol–water partition coefficient (Wildman–Crippen LogP) is 0.169. The Morgan fingerprint density at radius 1 is 1.35 bits per heavy atom. The minimum Gasteiger partial charge on any atom is -0.379 e. The average molecular weight is 239 g/mol. The maximum atomic E-state index is 12.2. The smallest absolute Gasteiger partial charge is 0.318 e. The summed E-state index contributed by atoms with van der Waals surface area (Å²) < 4.78 is 5.29.